The van der Waals surface area contributed by atoms with Gasteiger partial charge < -0.3 is 10.0 Å². The SMILES string of the molecule is CC(=O)CC(=O)C1CCN(C(=O)O)C(C(C)(C)C)C1. The van der Waals surface area contributed by atoms with Crippen LogP contribution in [0.2, 0.25) is 0 Å². The molecule has 0 bridgehead atoms. The summed E-state index contributed by atoms with van der Waals surface area (Å²) in [6.07, 6.45) is 0.0685. The summed E-state index contributed by atoms with van der Waals surface area (Å²) in [6.45, 7) is 7.71. The Hall–Kier alpha value is -1.39. The van der Waals surface area contributed by atoms with Gasteiger partial charge in [0.25, 0.3) is 0 Å². The maximum absolute atomic E-state index is 12.0. The fraction of sp³-hybridized carbons (Fsp3) is 0.786. The molecule has 0 saturated carbocycles. The first-order valence-electron chi connectivity index (χ1n) is 6.64. The summed E-state index contributed by atoms with van der Waals surface area (Å²) in [4.78, 5) is 35.7. The Balaban J connectivity index is 2.82. The van der Waals surface area contributed by atoms with Crippen molar-refractivity contribution < 1.29 is 19.5 Å². The first-order valence-corrected chi connectivity index (χ1v) is 6.64. The molecular formula is C14H23NO4. The van der Waals surface area contributed by atoms with E-state index in [9.17, 15) is 19.5 Å². The standard InChI is InChI=1S/C14H23NO4/c1-9(16)7-11(17)10-5-6-15(13(18)19)12(8-10)14(2,3)4/h10,12H,5-8H2,1-4H3,(H,18,19). The van der Waals surface area contributed by atoms with E-state index in [1.807, 2.05) is 20.8 Å². The maximum atomic E-state index is 12.0. The van der Waals surface area contributed by atoms with Crippen molar-refractivity contribution in [2.75, 3.05) is 6.54 Å². The zero-order chi connectivity index (χ0) is 14.8. The number of likely N-dealkylation sites (tertiary alicyclic amines) is 1. The monoisotopic (exact) mass is 269 g/mol. The molecule has 1 fully saturated rings. The van der Waals surface area contributed by atoms with E-state index in [2.05, 4.69) is 0 Å². The molecule has 1 aliphatic rings. The molecule has 1 N–H and O–H groups in total. The van der Waals surface area contributed by atoms with E-state index in [-0.39, 0.29) is 35.4 Å². The number of hydrogen-bond donors (Lipinski definition) is 1. The fourth-order valence-electron chi connectivity index (χ4n) is 2.70. The van der Waals surface area contributed by atoms with Crippen molar-refractivity contribution in [2.24, 2.45) is 11.3 Å². The normalized spacial score (nSPS) is 24.1. The van der Waals surface area contributed by atoms with Gasteiger partial charge in [0.1, 0.15) is 11.6 Å². The highest BCUT2D eigenvalue weighted by molar-refractivity contribution is 5.99. The van der Waals surface area contributed by atoms with Crippen molar-refractivity contribution in [2.45, 2.75) is 53.0 Å². The van der Waals surface area contributed by atoms with Crippen LogP contribution in [0.15, 0.2) is 0 Å². The number of carbonyl (C=O) groups is 3. The van der Waals surface area contributed by atoms with E-state index in [1.165, 1.54) is 11.8 Å². The lowest BCUT2D eigenvalue weighted by Crippen LogP contribution is -2.52. The summed E-state index contributed by atoms with van der Waals surface area (Å²) in [5.41, 5.74) is -0.215. The van der Waals surface area contributed by atoms with Crippen LogP contribution >= 0.6 is 0 Å². The second-order valence-electron chi connectivity index (χ2n) is 6.42. The van der Waals surface area contributed by atoms with Crippen LogP contribution in [-0.4, -0.2) is 40.3 Å². The molecule has 1 saturated heterocycles. The van der Waals surface area contributed by atoms with Crippen molar-refractivity contribution in [3.63, 3.8) is 0 Å². The molecule has 0 spiro atoms. The number of hydrogen-bond acceptors (Lipinski definition) is 3. The molecule has 1 aliphatic heterocycles. The molecule has 2 unspecified atom stereocenters. The molecule has 2 atom stereocenters. The highest BCUT2D eigenvalue weighted by Crippen LogP contribution is 2.35. The van der Waals surface area contributed by atoms with Gasteiger partial charge in [0.15, 0.2) is 0 Å². The van der Waals surface area contributed by atoms with Crippen LogP contribution in [0.5, 0.6) is 0 Å². The van der Waals surface area contributed by atoms with Crippen LogP contribution in [0.4, 0.5) is 4.79 Å². The Morgan fingerprint density at radius 2 is 1.84 bits per heavy atom. The van der Waals surface area contributed by atoms with Gasteiger partial charge in [0, 0.05) is 18.5 Å². The zero-order valence-corrected chi connectivity index (χ0v) is 12.1. The van der Waals surface area contributed by atoms with Crippen LogP contribution in [0.1, 0.15) is 47.0 Å². The van der Waals surface area contributed by atoms with Gasteiger partial charge in [-0.1, -0.05) is 20.8 Å². The minimum absolute atomic E-state index is 0.0331. The number of amides is 1. The van der Waals surface area contributed by atoms with Gasteiger partial charge in [-0.05, 0) is 25.2 Å². The number of nitrogens with zero attached hydrogens (tertiary/aromatic N) is 1. The Bertz CT molecular complexity index is 383. The number of ketones is 2. The molecule has 19 heavy (non-hydrogen) atoms. The van der Waals surface area contributed by atoms with Crippen molar-refractivity contribution >= 4 is 17.7 Å². The zero-order valence-electron chi connectivity index (χ0n) is 12.1. The summed E-state index contributed by atoms with van der Waals surface area (Å²) in [6, 6.07) is -0.181. The lowest BCUT2D eigenvalue weighted by molar-refractivity contribution is -0.130. The molecule has 0 aromatic rings. The summed E-state index contributed by atoms with van der Waals surface area (Å²) < 4.78 is 0. The van der Waals surface area contributed by atoms with Gasteiger partial charge in [0.2, 0.25) is 0 Å². The van der Waals surface area contributed by atoms with E-state index in [0.717, 1.165) is 0 Å². The van der Waals surface area contributed by atoms with E-state index >= 15 is 0 Å². The number of rotatable bonds is 3. The topological polar surface area (TPSA) is 74.7 Å². The predicted molar refractivity (Wildman–Crippen MR) is 71.0 cm³/mol. The van der Waals surface area contributed by atoms with Crippen LogP contribution in [-0.2, 0) is 9.59 Å². The Labute approximate surface area is 114 Å². The lowest BCUT2D eigenvalue weighted by Gasteiger charge is -2.44. The van der Waals surface area contributed by atoms with Crippen molar-refractivity contribution in [3.8, 4) is 0 Å². The van der Waals surface area contributed by atoms with Crippen molar-refractivity contribution in [1.82, 2.24) is 4.90 Å². The van der Waals surface area contributed by atoms with Gasteiger partial charge in [-0.25, -0.2) is 4.79 Å². The number of carboxylic acid groups (broad SMARTS) is 1. The van der Waals surface area contributed by atoms with E-state index in [4.69, 9.17) is 0 Å². The van der Waals surface area contributed by atoms with Crippen LogP contribution in [0.25, 0.3) is 0 Å². The number of carbonyl (C=O) groups excluding carboxylic acids is 2. The van der Waals surface area contributed by atoms with Crippen LogP contribution < -0.4 is 0 Å². The van der Waals surface area contributed by atoms with Crippen molar-refractivity contribution in [3.05, 3.63) is 0 Å². The van der Waals surface area contributed by atoms with E-state index in [1.54, 1.807) is 0 Å². The molecule has 5 nitrogen and oxygen atoms in total. The fourth-order valence-corrected chi connectivity index (χ4v) is 2.70. The van der Waals surface area contributed by atoms with Crippen LogP contribution in [0.3, 0.4) is 0 Å². The van der Waals surface area contributed by atoms with Gasteiger partial charge >= 0.3 is 6.09 Å². The smallest absolute Gasteiger partial charge is 0.407 e. The van der Waals surface area contributed by atoms with Gasteiger partial charge in [0.05, 0.1) is 6.42 Å². The van der Waals surface area contributed by atoms with Gasteiger partial charge in [-0.3, -0.25) is 9.59 Å². The van der Waals surface area contributed by atoms with E-state index in [0.29, 0.717) is 19.4 Å². The maximum Gasteiger partial charge on any atom is 0.407 e. The van der Waals surface area contributed by atoms with Crippen molar-refractivity contribution in [1.29, 1.82) is 0 Å². The average molecular weight is 269 g/mol. The molecule has 0 radical (unpaired) electrons. The molecule has 0 aliphatic carbocycles. The second-order valence-corrected chi connectivity index (χ2v) is 6.42. The summed E-state index contributed by atoms with van der Waals surface area (Å²) in [5, 5.41) is 9.23. The van der Waals surface area contributed by atoms with Crippen LogP contribution in [0, 0.1) is 11.3 Å². The Kier molecular flexibility index (Phi) is 4.71. The number of Topliss-reactive ketones (excluding diaryl/α,β-unsaturated/α-hetero) is 2. The second kappa shape index (κ2) is 5.72. The first-order chi connectivity index (χ1) is 8.62. The quantitative estimate of drug-likeness (QED) is 0.798. The predicted octanol–water partition coefficient (Wildman–Crippen LogP) is 2.34. The molecule has 1 heterocycles. The molecule has 108 valence electrons. The lowest BCUT2D eigenvalue weighted by atomic mass is 9.75. The summed E-state index contributed by atoms with van der Waals surface area (Å²) >= 11 is 0. The summed E-state index contributed by atoms with van der Waals surface area (Å²) in [5.74, 6) is -0.367. The molecular weight excluding hydrogens is 246 g/mol. The highest BCUT2D eigenvalue weighted by atomic mass is 16.4. The third-order valence-corrected chi connectivity index (χ3v) is 3.73. The molecule has 1 rings (SSSR count). The molecule has 0 aromatic carbocycles. The molecule has 0 aromatic heterocycles. The Morgan fingerprint density at radius 3 is 2.26 bits per heavy atom. The molecule has 1 amide bonds. The minimum Gasteiger partial charge on any atom is -0.465 e. The molecule has 5 heteroatoms. The summed E-state index contributed by atoms with van der Waals surface area (Å²) in [7, 11) is 0. The third kappa shape index (κ3) is 4.04. The average Bonchev–Trinajstić information content (AvgIpc) is 2.25. The Morgan fingerprint density at radius 1 is 1.26 bits per heavy atom. The number of piperidine rings is 1. The highest BCUT2D eigenvalue weighted by Gasteiger charge is 2.40. The third-order valence-electron chi connectivity index (χ3n) is 3.73. The van der Waals surface area contributed by atoms with Gasteiger partial charge in [-0.15, -0.1) is 0 Å². The van der Waals surface area contributed by atoms with E-state index < -0.39 is 6.09 Å². The minimum atomic E-state index is -0.933. The largest absolute Gasteiger partial charge is 0.465 e. The van der Waals surface area contributed by atoms with Gasteiger partial charge in [-0.2, -0.15) is 0 Å². The first kappa shape index (κ1) is 15.7.